The van der Waals surface area contributed by atoms with Crippen LogP contribution in [0.2, 0.25) is 0 Å². The van der Waals surface area contributed by atoms with Crippen molar-refractivity contribution in [3.63, 3.8) is 0 Å². The van der Waals surface area contributed by atoms with Gasteiger partial charge in [-0.2, -0.15) is 0 Å². The monoisotopic (exact) mass is 176 g/mol. The molecule has 3 unspecified atom stereocenters. The number of fused-ring (bicyclic) bond motifs is 3. The summed E-state index contributed by atoms with van der Waals surface area (Å²) in [6.45, 7) is 0.683. The fourth-order valence-corrected chi connectivity index (χ4v) is 2.37. The number of para-hydroxylation sites is 1. The lowest BCUT2D eigenvalue weighted by Crippen LogP contribution is -2.45. The molecule has 2 heteroatoms. The SMILES string of the molecule is OC1CC2c3ccccc3OCC12. The van der Waals surface area contributed by atoms with Gasteiger partial charge in [0, 0.05) is 5.92 Å². The standard InChI is InChI=1S/C11H12O2/c12-10-5-8-7-3-1-2-4-11(7)13-6-9(8)10/h1-4,8-10,12H,5-6H2. The number of hydrogen-bond acceptors (Lipinski definition) is 2. The van der Waals surface area contributed by atoms with Crippen molar-refractivity contribution in [3.05, 3.63) is 29.8 Å². The molecule has 1 aromatic rings. The zero-order valence-electron chi connectivity index (χ0n) is 7.31. The predicted molar refractivity (Wildman–Crippen MR) is 48.8 cm³/mol. The van der Waals surface area contributed by atoms with Crippen molar-refractivity contribution < 1.29 is 9.84 Å². The predicted octanol–water partition coefficient (Wildman–Crippen LogP) is 1.54. The van der Waals surface area contributed by atoms with Gasteiger partial charge in [-0.15, -0.1) is 0 Å². The van der Waals surface area contributed by atoms with Crippen LogP contribution in [-0.2, 0) is 0 Å². The Bertz CT molecular complexity index is 335. The maximum Gasteiger partial charge on any atom is 0.122 e. The van der Waals surface area contributed by atoms with Gasteiger partial charge in [-0.1, -0.05) is 18.2 Å². The van der Waals surface area contributed by atoms with Gasteiger partial charge < -0.3 is 9.84 Å². The molecule has 68 valence electrons. The molecule has 0 bridgehead atoms. The summed E-state index contributed by atoms with van der Waals surface area (Å²) in [5.74, 6) is 1.89. The van der Waals surface area contributed by atoms with E-state index in [9.17, 15) is 5.11 Å². The van der Waals surface area contributed by atoms with E-state index < -0.39 is 0 Å². The highest BCUT2D eigenvalue weighted by atomic mass is 16.5. The average Bonchev–Trinajstić information content (AvgIpc) is 2.16. The fourth-order valence-electron chi connectivity index (χ4n) is 2.37. The minimum Gasteiger partial charge on any atom is -0.493 e. The van der Waals surface area contributed by atoms with Crippen LogP contribution in [0.4, 0.5) is 0 Å². The molecule has 1 aromatic carbocycles. The Hall–Kier alpha value is -1.02. The maximum absolute atomic E-state index is 9.49. The van der Waals surface area contributed by atoms with Gasteiger partial charge in [0.15, 0.2) is 0 Å². The molecular formula is C11H12O2. The maximum atomic E-state index is 9.49. The Labute approximate surface area is 77.2 Å². The molecule has 1 aliphatic carbocycles. The van der Waals surface area contributed by atoms with Gasteiger partial charge in [0.1, 0.15) is 5.75 Å². The minimum absolute atomic E-state index is 0.140. The first kappa shape index (κ1) is 7.39. The zero-order valence-corrected chi connectivity index (χ0v) is 7.31. The van der Waals surface area contributed by atoms with Crippen molar-refractivity contribution >= 4 is 0 Å². The van der Waals surface area contributed by atoms with Crippen LogP contribution < -0.4 is 4.74 Å². The quantitative estimate of drug-likeness (QED) is 0.649. The summed E-state index contributed by atoms with van der Waals surface area (Å²) in [5, 5.41) is 9.49. The Morgan fingerprint density at radius 2 is 2.15 bits per heavy atom. The van der Waals surface area contributed by atoms with Gasteiger partial charge >= 0.3 is 0 Å². The molecule has 0 saturated heterocycles. The second-order valence-corrected chi connectivity index (χ2v) is 3.92. The molecule has 0 spiro atoms. The van der Waals surface area contributed by atoms with Crippen molar-refractivity contribution in [2.45, 2.75) is 18.4 Å². The summed E-state index contributed by atoms with van der Waals surface area (Å²) < 4.78 is 5.57. The third-order valence-electron chi connectivity index (χ3n) is 3.26. The van der Waals surface area contributed by atoms with Gasteiger partial charge in [-0.25, -0.2) is 0 Å². The molecule has 2 nitrogen and oxygen atoms in total. The van der Waals surface area contributed by atoms with Crippen LogP contribution in [-0.4, -0.2) is 17.8 Å². The second kappa shape index (κ2) is 2.48. The smallest absolute Gasteiger partial charge is 0.122 e. The van der Waals surface area contributed by atoms with Crippen LogP contribution in [0.1, 0.15) is 17.9 Å². The van der Waals surface area contributed by atoms with E-state index in [0.717, 1.165) is 12.2 Å². The van der Waals surface area contributed by atoms with Crippen molar-refractivity contribution in [2.75, 3.05) is 6.61 Å². The Balaban J connectivity index is 2.01. The van der Waals surface area contributed by atoms with Crippen LogP contribution >= 0.6 is 0 Å². The van der Waals surface area contributed by atoms with Crippen LogP contribution in [0.15, 0.2) is 24.3 Å². The largest absolute Gasteiger partial charge is 0.493 e. The molecule has 1 saturated carbocycles. The topological polar surface area (TPSA) is 29.5 Å². The van der Waals surface area contributed by atoms with E-state index in [1.54, 1.807) is 0 Å². The number of benzene rings is 1. The van der Waals surface area contributed by atoms with E-state index in [-0.39, 0.29) is 6.10 Å². The van der Waals surface area contributed by atoms with Gasteiger partial charge in [0.05, 0.1) is 12.7 Å². The summed E-state index contributed by atoms with van der Waals surface area (Å²) in [6, 6.07) is 8.15. The van der Waals surface area contributed by atoms with Crippen LogP contribution in [0.25, 0.3) is 0 Å². The van der Waals surface area contributed by atoms with Crippen LogP contribution in [0.3, 0.4) is 0 Å². The second-order valence-electron chi connectivity index (χ2n) is 3.92. The minimum atomic E-state index is -0.140. The lowest BCUT2D eigenvalue weighted by atomic mass is 9.67. The van der Waals surface area contributed by atoms with Crippen molar-refractivity contribution in [1.82, 2.24) is 0 Å². The third kappa shape index (κ3) is 0.923. The van der Waals surface area contributed by atoms with E-state index in [1.165, 1.54) is 5.56 Å². The van der Waals surface area contributed by atoms with Gasteiger partial charge in [-0.05, 0) is 24.0 Å². The Morgan fingerprint density at radius 1 is 1.31 bits per heavy atom. The summed E-state index contributed by atoms with van der Waals surface area (Å²) in [5.41, 5.74) is 1.28. The van der Waals surface area contributed by atoms with Crippen molar-refractivity contribution in [2.24, 2.45) is 5.92 Å². The first-order valence-corrected chi connectivity index (χ1v) is 4.76. The number of hydrogen-bond donors (Lipinski definition) is 1. The van der Waals surface area contributed by atoms with Crippen LogP contribution in [0, 0.1) is 5.92 Å². The average molecular weight is 176 g/mol. The van der Waals surface area contributed by atoms with Gasteiger partial charge in [0.25, 0.3) is 0 Å². The summed E-state index contributed by atoms with van der Waals surface area (Å²) >= 11 is 0. The zero-order chi connectivity index (χ0) is 8.84. The van der Waals surface area contributed by atoms with E-state index in [4.69, 9.17) is 4.74 Å². The third-order valence-corrected chi connectivity index (χ3v) is 3.26. The number of aliphatic hydroxyl groups excluding tert-OH is 1. The molecule has 0 amide bonds. The number of aliphatic hydroxyl groups is 1. The molecule has 3 atom stereocenters. The molecule has 3 rings (SSSR count). The highest BCUT2D eigenvalue weighted by Crippen LogP contribution is 2.48. The highest BCUT2D eigenvalue weighted by Gasteiger charge is 2.44. The molecule has 1 fully saturated rings. The van der Waals surface area contributed by atoms with Crippen LogP contribution in [0.5, 0.6) is 5.75 Å². The molecular weight excluding hydrogens is 164 g/mol. The van der Waals surface area contributed by atoms with E-state index in [0.29, 0.717) is 18.4 Å². The normalized spacial score (nSPS) is 35.3. The summed E-state index contributed by atoms with van der Waals surface area (Å²) in [7, 11) is 0. The molecule has 13 heavy (non-hydrogen) atoms. The van der Waals surface area contributed by atoms with Crippen molar-refractivity contribution in [3.8, 4) is 5.75 Å². The molecule has 2 aliphatic rings. The van der Waals surface area contributed by atoms with E-state index in [2.05, 4.69) is 6.07 Å². The molecule has 1 aliphatic heterocycles. The first-order chi connectivity index (χ1) is 6.36. The molecule has 0 aromatic heterocycles. The molecule has 1 N–H and O–H groups in total. The summed E-state index contributed by atoms with van der Waals surface area (Å²) in [6.07, 6.45) is 0.767. The Morgan fingerprint density at radius 3 is 3.00 bits per heavy atom. The molecule has 0 radical (unpaired) electrons. The highest BCUT2D eigenvalue weighted by molar-refractivity contribution is 5.40. The Kier molecular flexibility index (Phi) is 1.41. The van der Waals surface area contributed by atoms with Gasteiger partial charge in [0.2, 0.25) is 0 Å². The van der Waals surface area contributed by atoms with E-state index in [1.807, 2.05) is 18.2 Å². The van der Waals surface area contributed by atoms with Gasteiger partial charge in [-0.3, -0.25) is 0 Å². The fraction of sp³-hybridized carbons (Fsp3) is 0.455. The summed E-state index contributed by atoms with van der Waals surface area (Å²) in [4.78, 5) is 0. The number of ether oxygens (including phenoxy) is 1. The lowest BCUT2D eigenvalue weighted by molar-refractivity contribution is -0.0348. The first-order valence-electron chi connectivity index (χ1n) is 4.76. The van der Waals surface area contributed by atoms with E-state index >= 15 is 0 Å². The van der Waals surface area contributed by atoms with Crippen molar-refractivity contribution in [1.29, 1.82) is 0 Å². The molecule has 1 heterocycles. The number of rotatable bonds is 0. The lowest BCUT2D eigenvalue weighted by Gasteiger charge is -2.45.